The first-order valence-corrected chi connectivity index (χ1v) is 9.51. The number of aromatic hydroxyl groups is 1. The Morgan fingerprint density at radius 2 is 1.66 bits per heavy atom. The van der Waals surface area contributed by atoms with E-state index in [4.69, 9.17) is 4.74 Å². The molecule has 0 spiro atoms. The number of hydrogen-bond acceptors (Lipinski definition) is 3. The maximum Gasteiger partial charge on any atom is 0.407 e. The SMILES string of the molecule is Cc1c(O)cccc1C#CCNC(=O)OCC1c2ccccc2-c2ccccc21. The van der Waals surface area contributed by atoms with Gasteiger partial charge in [-0.15, -0.1) is 0 Å². The average Bonchev–Trinajstić information content (AvgIpc) is 3.06. The number of phenolic OH excluding ortho intramolecular Hbond substituents is 1. The number of nitrogens with one attached hydrogen (secondary N) is 1. The van der Waals surface area contributed by atoms with E-state index >= 15 is 0 Å². The van der Waals surface area contributed by atoms with Crippen LogP contribution >= 0.6 is 0 Å². The molecule has 1 aliphatic rings. The normalized spacial score (nSPS) is 11.8. The van der Waals surface area contributed by atoms with Crippen LogP contribution in [0, 0.1) is 18.8 Å². The Bertz CT molecular complexity index is 1080. The Morgan fingerprint density at radius 1 is 1.00 bits per heavy atom. The van der Waals surface area contributed by atoms with Crippen LogP contribution in [0.25, 0.3) is 11.1 Å². The van der Waals surface area contributed by atoms with Gasteiger partial charge in [-0.2, -0.15) is 0 Å². The summed E-state index contributed by atoms with van der Waals surface area (Å²) >= 11 is 0. The quantitative estimate of drug-likeness (QED) is 0.651. The van der Waals surface area contributed by atoms with Crippen molar-refractivity contribution in [2.45, 2.75) is 12.8 Å². The summed E-state index contributed by atoms with van der Waals surface area (Å²) in [4.78, 5) is 12.1. The molecular formula is C25H21NO3. The van der Waals surface area contributed by atoms with Crippen LogP contribution in [-0.4, -0.2) is 24.4 Å². The van der Waals surface area contributed by atoms with Crippen LogP contribution in [0.4, 0.5) is 4.79 Å². The molecule has 4 nitrogen and oxygen atoms in total. The van der Waals surface area contributed by atoms with Crippen LogP contribution in [0.1, 0.15) is 28.2 Å². The second-order valence-electron chi connectivity index (χ2n) is 6.93. The van der Waals surface area contributed by atoms with Crippen molar-refractivity contribution >= 4 is 6.09 Å². The number of amides is 1. The van der Waals surface area contributed by atoms with Crippen molar-refractivity contribution in [3.63, 3.8) is 0 Å². The predicted molar refractivity (Wildman–Crippen MR) is 113 cm³/mol. The fraction of sp³-hybridized carbons (Fsp3) is 0.160. The van der Waals surface area contributed by atoms with Crippen molar-refractivity contribution in [3.05, 3.63) is 89.0 Å². The Hall–Kier alpha value is -3.71. The number of rotatable bonds is 3. The van der Waals surface area contributed by atoms with E-state index in [1.807, 2.05) is 30.3 Å². The maximum absolute atomic E-state index is 12.1. The Morgan fingerprint density at radius 3 is 2.34 bits per heavy atom. The second-order valence-corrected chi connectivity index (χ2v) is 6.93. The van der Waals surface area contributed by atoms with E-state index in [1.165, 1.54) is 22.3 Å². The van der Waals surface area contributed by atoms with Crippen LogP contribution in [0.3, 0.4) is 0 Å². The number of carbonyl (C=O) groups excluding carboxylic acids is 1. The number of fused-ring (bicyclic) bond motifs is 3. The van der Waals surface area contributed by atoms with E-state index in [0.717, 1.165) is 11.1 Å². The molecular weight excluding hydrogens is 362 g/mol. The van der Waals surface area contributed by atoms with Gasteiger partial charge >= 0.3 is 6.09 Å². The third-order valence-corrected chi connectivity index (χ3v) is 5.19. The highest BCUT2D eigenvalue weighted by Crippen LogP contribution is 2.44. The molecule has 0 saturated heterocycles. The standard InChI is InChI=1S/C25H21NO3/c1-17-18(8-6-14-24(17)27)9-7-15-26-25(28)29-16-23-21-12-4-2-10-19(21)20-11-3-5-13-22(20)23/h2-6,8,10-14,23,27H,15-16H2,1H3,(H,26,28). The van der Waals surface area contributed by atoms with Gasteiger partial charge in [0.25, 0.3) is 0 Å². The molecule has 0 atom stereocenters. The molecule has 0 fully saturated rings. The summed E-state index contributed by atoms with van der Waals surface area (Å²) in [5.41, 5.74) is 6.22. The van der Waals surface area contributed by atoms with Crippen molar-refractivity contribution in [1.29, 1.82) is 0 Å². The summed E-state index contributed by atoms with van der Waals surface area (Å²) in [5.74, 6) is 6.08. The van der Waals surface area contributed by atoms with Crippen LogP contribution in [0.15, 0.2) is 66.7 Å². The molecule has 0 heterocycles. The van der Waals surface area contributed by atoms with Crippen LogP contribution in [0.5, 0.6) is 5.75 Å². The molecule has 4 rings (SSSR count). The molecule has 1 aliphatic carbocycles. The van der Waals surface area contributed by atoms with Crippen molar-refractivity contribution < 1.29 is 14.6 Å². The van der Waals surface area contributed by atoms with E-state index in [-0.39, 0.29) is 24.8 Å². The summed E-state index contributed by atoms with van der Waals surface area (Å²) in [6, 6.07) is 21.6. The van der Waals surface area contributed by atoms with Gasteiger partial charge in [-0.3, -0.25) is 0 Å². The number of carbonyl (C=O) groups is 1. The van der Waals surface area contributed by atoms with Gasteiger partial charge in [0.1, 0.15) is 12.4 Å². The predicted octanol–water partition coefficient (Wildman–Crippen LogP) is 4.59. The molecule has 3 aromatic rings. The van der Waals surface area contributed by atoms with Gasteiger partial charge < -0.3 is 15.2 Å². The summed E-state index contributed by atoms with van der Waals surface area (Å²) in [6.45, 7) is 2.25. The highest BCUT2D eigenvalue weighted by Gasteiger charge is 2.28. The zero-order chi connectivity index (χ0) is 20.2. The molecule has 0 bridgehead atoms. The zero-order valence-corrected chi connectivity index (χ0v) is 16.1. The number of alkyl carbamates (subject to hydrolysis) is 1. The lowest BCUT2D eigenvalue weighted by molar-refractivity contribution is 0.144. The van der Waals surface area contributed by atoms with Crippen LogP contribution in [-0.2, 0) is 4.74 Å². The van der Waals surface area contributed by atoms with E-state index in [9.17, 15) is 9.90 Å². The van der Waals surface area contributed by atoms with Crippen molar-refractivity contribution in [2.75, 3.05) is 13.2 Å². The minimum absolute atomic E-state index is 0.0363. The first-order valence-electron chi connectivity index (χ1n) is 9.51. The fourth-order valence-electron chi connectivity index (χ4n) is 3.66. The van der Waals surface area contributed by atoms with Gasteiger partial charge in [0.2, 0.25) is 0 Å². The first-order chi connectivity index (χ1) is 14.1. The molecule has 0 saturated carbocycles. The summed E-state index contributed by atoms with van der Waals surface area (Å²) < 4.78 is 5.48. The van der Waals surface area contributed by atoms with E-state index < -0.39 is 6.09 Å². The first kappa shape index (κ1) is 18.6. The average molecular weight is 383 g/mol. The lowest BCUT2D eigenvalue weighted by atomic mass is 9.98. The molecule has 4 heteroatoms. The summed E-state index contributed by atoms with van der Waals surface area (Å²) in [5, 5.41) is 12.4. The van der Waals surface area contributed by atoms with Crippen LogP contribution in [0.2, 0.25) is 0 Å². The van der Waals surface area contributed by atoms with Crippen molar-refractivity contribution in [1.82, 2.24) is 5.32 Å². The third-order valence-electron chi connectivity index (χ3n) is 5.19. The Balaban J connectivity index is 1.36. The van der Waals surface area contributed by atoms with Crippen LogP contribution < -0.4 is 5.32 Å². The Kier molecular flexibility index (Phi) is 5.22. The molecule has 0 aliphatic heterocycles. The van der Waals surface area contributed by atoms with Gasteiger partial charge in [-0.25, -0.2) is 4.79 Å². The number of phenols is 1. The number of hydrogen-bond donors (Lipinski definition) is 2. The molecule has 0 aromatic heterocycles. The topological polar surface area (TPSA) is 58.6 Å². The molecule has 29 heavy (non-hydrogen) atoms. The van der Waals surface area contributed by atoms with Gasteiger partial charge in [0.15, 0.2) is 0 Å². The molecule has 144 valence electrons. The van der Waals surface area contributed by atoms with Gasteiger partial charge in [-0.1, -0.05) is 66.4 Å². The lowest BCUT2D eigenvalue weighted by Gasteiger charge is -2.14. The minimum atomic E-state index is -0.492. The number of ether oxygens (including phenoxy) is 1. The maximum atomic E-state index is 12.1. The Labute approximate surface area is 170 Å². The van der Waals surface area contributed by atoms with E-state index in [1.54, 1.807) is 19.1 Å². The number of benzene rings is 3. The minimum Gasteiger partial charge on any atom is -0.508 e. The molecule has 0 unspecified atom stereocenters. The highest BCUT2D eigenvalue weighted by molar-refractivity contribution is 5.79. The largest absolute Gasteiger partial charge is 0.508 e. The van der Waals surface area contributed by atoms with Gasteiger partial charge in [0, 0.05) is 17.0 Å². The smallest absolute Gasteiger partial charge is 0.407 e. The summed E-state index contributed by atoms with van der Waals surface area (Å²) in [7, 11) is 0. The van der Waals surface area contributed by atoms with Gasteiger partial charge in [0.05, 0.1) is 6.54 Å². The molecule has 1 amide bonds. The highest BCUT2D eigenvalue weighted by atomic mass is 16.5. The van der Waals surface area contributed by atoms with E-state index in [0.29, 0.717) is 0 Å². The molecule has 0 radical (unpaired) electrons. The summed E-state index contributed by atoms with van der Waals surface area (Å²) in [6.07, 6.45) is -0.492. The second kappa shape index (κ2) is 8.12. The molecule has 2 N–H and O–H groups in total. The molecule has 3 aromatic carbocycles. The lowest BCUT2D eigenvalue weighted by Crippen LogP contribution is -2.26. The van der Waals surface area contributed by atoms with Crippen molar-refractivity contribution in [3.8, 4) is 28.7 Å². The third kappa shape index (κ3) is 3.81. The zero-order valence-electron chi connectivity index (χ0n) is 16.1. The fourth-order valence-corrected chi connectivity index (χ4v) is 3.66. The van der Waals surface area contributed by atoms with Gasteiger partial charge in [-0.05, 0) is 41.3 Å². The monoisotopic (exact) mass is 383 g/mol. The van der Waals surface area contributed by atoms with Crippen molar-refractivity contribution in [2.24, 2.45) is 0 Å². The van der Waals surface area contributed by atoms with E-state index in [2.05, 4.69) is 41.4 Å².